The molecule has 1 N–H and O–H groups in total. The first-order valence-electron chi connectivity index (χ1n) is 8.50. The van der Waals surface area contributed by atoms with Crippen LogP contribution in [-0.2, 0) is 11.8 Å². The van der Waals surface area contributed by atoms with Gasteiger partial charge in [0.1, 0.15) is 6.10 Å². The maximum absolute atomic E-state index is 12.9. The summed E-state index contributed by atoms with van der Waals surface area (Å²) in [6.45, 7) is 0. The van der Waals surface area contributed by atoms with Crippen LogP contribution in [0.3, 0.4) is 0 Å². The summed E-state index contributed by atoms with van der Waals surface area (Å²) in [5.41, 5.74) is 1.89. The van der Waals surface area contributed by atoms with Crippen LogP contribution in [0.1, 0.15) is 43.6 Å². The Bertz CT molecular complexity index is 839. The highest BCUT2D eigenvalue weighted by Crippen LogP contribution is 2.46. The van der Waals surface area contributed by atoms with Gasteiger partial charge < -0.3 is 4.74 Å². The van der Waals surface area contributed by atoms with Gasteiger partial charge in [0.05, 0.1) is 14.9 Å². The number of alkyl halides is 2. The molecule has 0 aliphatic heterocycles. The van der Waals surface area contributed by atoms with E-state index < -0.39 is 31.0 Å². The van der Waals surface area contributed by atoms with Crippen molar-refractivity contribution in [1.29, 1.82) is 0 Å². The van der Waals surface area contributed by atoms with Gasteiger partial charge in [0, 0.05) is 25.5 Å². The van der Waals surface area contributed by atoms with Crippen molar-refractivity contribution >= 4 is 34.8 Å². The molecule has 2 heterocycles. The first kappa shape index (κ1) is 17.7. The molecule has 2 saturated carbocycles. The predicted molar refractivity (Wildman–Crippen MR) is 96.2 cm³/mol. The highest BCUT2D eigenvalue weighted by molar-refractivity contribution is 7.19. The van der Waals surface area contributed by atoms with Gasteiger partial charge in [-0.25, -0.2) is 13.6 Å². The molecule has 9 heteroatoms. The van der Waals surface area contributed by atoms with Crippen LogP contribution in [-0.4, -0.2) is 27.9 Å². The molecule has 2 aromatic heterocycles. The molecule has 2 aliphatic carbocycles. The van der Waals surface area contributed by atoms with Gasteiger partial charge in [0.15, 0.2) is 5.82 Å². The summed E-state index contributed by atoms with van der Waals surface area (Å²) in [4.78, 5) is 13.1. The number of anilines is 1. The van der Waals surface area contributed by atoms with Crippen LogP contribution in [0.5, 0.6) is 0 Å². The van der Waals surface area contributed by atoms with E-state index in [2.05, 4.69) is 10.4 Å². The Morgan fingerprint density at radius 1 is 1.42 bits per heavy atom. The Morgan fingerprint density at radius 3 is 2.69 bits per heavy atom. The molecule has 0 spiro atoms. The predicted octanol–water partition coefficient (Wildman–Crippen LogP) is 5.42. The van der Waals surface area contributed by atoms with E-state index >= 15 is 0 Å². The number of carbonyl (C=O) groups is 1. The van der Waals surface area contributed by atoms with Crippen molar-refractivity contribution in [2.45, 2.75) is 50.0 Å². The number of thiophene rings is 1. The Morgan fingerprint density at radius 2 is 2.15 bits per heavy atom. The second-order valence-electron chi connectivity index (χ2n) is 6.88. The van der Waals surface area contributed by atoms with Crippen LogP contribution in [0, 0.1) is 0 Å². The fraction of sp³-hybridized carbons (Fsp3) is 0.529. The summed E-state index contributed by atoms with van der Waals surface area (Å²) in [6.07, 6.45) is 0.864. The Balaban J connectivity index is 1.57. The minimum atomic E-state index is -2.72. The molecule has 0 aromatic carbocycles. The van der Waals surface area contributed by atoms with Crippen molar-refractivity contribution in [2.75, 3.05) is 5.32 Å². The van der Waals surface area contributed by atoms with E-state index in [9.17, 15) is 13.6 Å². The summed E-state index contributed by atoms with van der Waals surface area (Å²) >= 11 is 7.53. The molecule has 0 saturated heterocycles. The van der Waals surface area contributed by atoms with Gasteiger partial charge in [0.25, 0.3) is 5.92 Å². The van der Waals surface area contributed by atoms with Gasteiger partial charge >= 0.3 is 6.09 Å². The second kappa shape index (κ2) is 6.49. The fourth-order valence-electron chi connectivity index (χ4n) is 3.42. The van der Waals surface area contributed by atoms with Gasteiger partial charge in [-0.2, -0.15) is 5.10 Å². The normalized spacial score (nSPS) is 19.7. The Kier molecular flexibility index (Phi) is 4.43. The Hall–Kier alpha value is -1.67. The number of amides is 1. The summed E-state index contributed by atoms with van der Waals surface area (Å²) < 4.78 is 33.3. The molecule has 2 aliphatic rings. The van der Waals surface area contributed by atoms with Gasteiger partial charge in [-0.3, -0.25) is 10.00 Å². The van der Waals surface area contributed by atoms with Gasteiger partial charge in [-0.1, -0.05) is 18.0 Å². The largest absolute Gasteiger partial charge is 0.445 e. The zero-order valence-corrected chi connectivity index (χ0v) is 15.7. The van der Waals surface area contributed by atoms with Crippen LogP contribution in [0.15, 0.2) is 12.1 Å². The molecule has 2 fully saturated rings. The molecule has 0 unspecified atom stereocenters. The lowest BCUT2D eigenvalue weighted by molar-refractivity contribution is -0.142. The topological polar surface area (TPSA) is 56.2 Å². The summed E-state index contributed by atoms with van der Waals surface area (Å²) in [6, 6.07) is 3.77. The van der Waals surface area contributed by atoms with E-state index in [-0.39, 0.29) is 0 Å². The van der Waals surface area contributed by atoms with E-state index in [1.807, 2.05) is 19.2 Å². The molecule has 1 amide bonds. The number of ether oxygens (including phenoxy) is 1. The molecule has 4 rings (SSSR count). The van der Waals surface area contributed by atoms with Crippen molar-refractivity contribution in [1.82, 2.24) is 9.78 Å². The number of hydrogen-bond donors (Lipinski definition) is 1. The molecule has 0 atom stereocenters. The minimum Gasteiger partial charge on any atom is -0.445 e. The number of nitrogens with zero attached hydrogens (tertiary/aromatic N) is 2. The third-order valence-electron chi connectivity index (χ3n) is 4.95. The van der Waals surface area contributed by atoms with Crippen LogP contribution in [0.25, 0.3) is 10.6 Å². The van der Waals surface area contributed by atoms with E-state index in [0.717, 1.165) is 35.4 Å². The standard InChI is InChI=1S/C17H18ClF2N3O2S/c1-23-14(11-5-6-12(18)26-11)13(9-3-2-4-9)15(22-23)21-16(24)25-10-7-17(19,20)8-10/h5-6,9-10H,2-4,7-8H2,1H3,(H,21,22,24). The van der Waals surface area contributed by atoms with Gasteiger partial charge in [-0.15, -0.1) is 11.3 Å². The third kappa shape index (κ3) is 3.32. The van der Waals surface area contributed by atoms with E-state index in [4.69, 9.17) is 16.3 Å². The summed E-state index contributed by atoms with van der Waals surface area (Å²) in [5, 5.41) is 7.10. The lowest BCUT2D eigenvalue weighted by atomic mass is 9.79. The maximum Gasteiger partial charge on any atom is 0.413 e. The van der Waals surface area contributed by atoms with Crippen LogP contribution >= 0.6 is 22.9 Å². The average Bonchev–Trinajstić information content (AvgIpc) is 2.99. The van der Waals surface area contributed by atoms with E-state index in [1.54, 1.807) is 4.68 Å². The summed E-state index contributed by atoms with van der Waals surface area (Å²) in [7, 11) is 1.81. The van der Waals surface area contributed by atoms with Crippen LogP contribution in [0.4, 0.5) is 19.4 Å². The van der Waals surface area contributed by atoms with Crippen molar-refractivity contribution < 1.29 is 18.3 Å². The first-order chi connectivity index (χ1) is 12.3. The number of halogens is 3. The van der Waals surface area contributed by atoms with E-state index in [0.29, 0.717) is 16.1 Å². The molecule has 0 radical (unpaired) electrons. The SMILES string of the molecule is Cn1nc(NC(=O)OC2CC(F)(F)C2)c(C2CCC2)c1-c1ccc(Cl)s1. The molecular weight excluding hydrogens is 384 g/mol. The smallest absolute Gasteiger partial charge is 0.413 e. The minimum absolute atomic E-state index is 0.308. The van der Waals surface area contributed by atoms with Crippen molar-refractivity contribution in [2.24, 2.45) is 7.05 Å². The number of rotatable bonds is 4. The number of nitrogens with one attached hydrogen (secondary N) is 1. The summed E-state index contributed by atoms with van der Waals surface area (Å²) in [5.74, 6) is -1.98. The van der Waals surface area contributed by atoms with Crippen molar-refractivity contribution in [3.63, 3.8) is 0 Å². The molecule has 0 bridgehead atoms. The van der Waals surface area contributed by atoms with Crippen LogP contribution in [0.2, 0.25) is 4.34 Å². The molecule has 26 heavy (non-hydrogen) atoms. The average molecular weight is 402 g/mol. The number of aromatic nitrogens is 2. The highest BCUT2D eigenvalue weighted by atomic mass is 35.5. The molecule has 140 valence electrons. The van der Waals surface area contributed by atoms with Gasteiger partial charge in [-0.05, 0) is 30.9 Å². The number of carbonyl (C=O) groups excluding carboxylic acids is 1. The lowest BCUT2D eigenvalue weighted by Gasteiger charge is -2.34. The van der Waals surface area contributed by atoms with Crippen LogP contribution < -0.4 is 5.32 Å². The third-order valence-corrected chi connectivity index (χ3v) is 6.19. The monoisotopic (exact) mass is 401 g/mol. The van der Waals surface area contributed by atoms with E-state index in [1.165, 1.54) is 11.3 Å². The second-order valence-corrected chi connectivity index (χ2v) is 8.60. The quantitative estimate of drug-likeness (QED) is 0.744. The molecule has 5 nitrogen and oxygen atoms in total. The number of aryl methyl sites for hydroxylation is 1. The maximum atomic E-state index is 12.9. The van der Waals surface area contributed by atoms with Crippen molar-refractivity contribution in [3.8, 4) is 10.6 Å². The zero-order chi connectivity index (χ0) is 18.5. The van der Waals surface area contributed by atoms with Crippen molar-refractivity contribution in [3.05, 3.63) is 22.0 Å². The fourth-order valence-corrected chi connectivity index (χ4v) is 4.55. The molecular formula is C17H18ClF2N3O2S. The Labute approximate surface area is 158 Å². The van der Waals surface area contributed by atoms with Gasteiger partial charge in [0.2, 0.25) is 0 Å². The zero-order valence-electron chi connectivity index (χ0n) is 14.1. The lowest BCUT2D eigenvalue weighted by Crippen LogP contribution is -2.43. The molecule has 2 aromatic rings. The number of hydrogen-bond acceptors (Lipinski definition) is 4. The highest BCUT2D eigenvalue weighted by Gasteiger charge is 2.47. The first-order valence-corrected chi connectivity index (χ1v) is 9.70.